The summed E-state index contributed by atoms with van der Waals surface area (Å²) in [4.78, 5) is 29.0. The first-order chi connectivity index (χ1) is 13.9. The number of carbonyl (C=O) groups is 1. The molecule has 0 aromatic carbocycles. The Morgan fingerprint density at radius 3 is 2.52 bits per heavy atom. The molecule has 150 valence electrons. The molecule has 3 heterocycles. The van der Waals surface area contributed by atoms with Crippen LogP contribution in [0.3, 0.4) is 0 Å². The van der Waals surface area contributed by atoms with E-state index in [1.54, 1.807) is 57.6 Å². The third-order valence-electron chi connectivity index (χ3n) is 3.51. The summed E-state index contributed by atoms with van der Waals surface area (Å²) < 4.78 is 16.6. The maximum Gasteiger partial charge on any atom is 0.341 e. The minimum Gasteiger partial charge on any atom is -0.488 e. The quantitative estimate of drug-likeness (QED) is 0.577. The standard InChI is InChI=1S/C21H22N4O4/c1-5-27-17-7-6-8-23-19(17)28-16-9-14(10-22-13-16)18-24-11-15(12-25-18)20(26)29-21(2,3)4/h6-13H,5H2,1-4H3. The van der Waals surface area contributed by atoms with Crippen LogP contribution in [-0.2, 0) is 4.74 Å². The Bertz CT molecular complexity index is 984. The normalized spacial score (nSPS) is 11.0. The molecule has 8 heteroatoms. The van der Waals surface area contributed by atoms with Crippen LogP contribution in [0.2, 0.25) is 0 Å². The number of carbonyl (C=O) groups excluding carboxylic acids is 1. The lowest BCUT2D eigenvalue weighted by Gasteiger charge is -2.19. The van der Waals surface area contributed by atoms with Crippen molar-refractivity contribution in [1.29, 1.82) is 0 Å². The second-order valence-electron chi connectivity index (χ2n) is 7.05. The zero-order valence-electron chi connectivity index (χ0n) is 16.7. The molecular formula is C21H22N4O4. The van der Waals surface area contributed by atoms with Crippen molar-refractivity contribution in [2.24, 2.45) is 0 Å². The second kappa shape index (κ2) is 8.64. The third-order valence-corrected chi connectivity index (χ3v) is 3.51. The first kappa shape index (κ1) is 20.2. The van der Waals surface area contributed by atoms with Crippen LogP contribution < -0.4 is 9.47 Å². The molecule has 0 unspecified atom stereocenters. The predicted octanol–water partition coefficient (Wildman–Crippen LogP) is 4.08. The van der Waals surface area contributed by atoms with Crippen LogP contribution in [0, 0.1) is 0 Å². The average molecular weight is 394 g/mol. The van der Waals surface area contributed by atoms with Crippen molar-refractivity contribution in [2.75, 3.05) is 6.61 Å². The van der Waals surface area contributed by atoms with Crippen molar-refractivity contribution in [3.63, 3.8) is 0 Å². The molecule has 0 amide bonds. The molecule has 8 nitrogen and oxygen atoms in total. The van der Waals surface area contributed by atoms with Gasteiger partial charge in [-0.1, -0.05) is 0 Å². The maximum absolute atomic E-state index is 12.1. The molecule has 0 atom stereocenters. The Hall–Kier alpha value is -3.55. The van der Waals surface area contributed by atoms with Gasteiger partial charge in [-0.05, 0) is 45.9 Å². The highest BCUT2D eigenvalue weighted by atomic mass is 16.6. The molecule has 0 aliphatic rings. The number of ether oxygens (including phenoxy) is 3. The fraction of sp³-hybridized carbons (Fsp3) is 0.286. The van der Waals surface area contributed by atoms with Gasteiger partial charge in [-0.15, -0.1) is 0 Å². The molecule has 0 saturated heterocycles. The van der Waals surface area contributed by atoms with Crippen molar-refractivity contribution in [3.05, 3.63) is 54.7 Å². The Kier molecular flexibility index (Phi) is 6.01. The first-order valence-electron chi connectivity index (χ1n) is 9.12. The van der Waals surface area contributed by atoms with Gasteiger partial charge in [0.05, 0.1) is 18.4 Å². The van der Waals surface area contributed by atoms with Gasteiger partial charge < -0.3 is 14.2 Å². The van der Waals surface area contributed by atoms with Crippen molar-refractivity contribution in [2.45, 2.75) is 33.3 Å². The maximum atomic E-state index is 12.1. The number of rotatable bonds is 6. The van der Waals surface area contributed by atoms with E-state index in [0.29, 0.717) is 35.4 Å². The summed E-state index contributed by atoms with van der Waals surface area (Å²) in [6, 6.07) is 5.29. The van der Waals surface area contributed by atoms with Gasteiger partial charge in [-0.2, -0.15) is 0 Å². The molecule has 0 aliphatic carbocycles. The number of aromatic nitrogens is 4. The van der Waals surface area contributed by atoms with E-state index in [0.717, 1.165) is 0 Å². The monoisotopic (exact) mass is 394 g/mol. The van der Waals surface area contributed by atoms with Gasteiger partial charge in [-0.25, -0.2) is 19.7 Å². The van der Waals surface area contributed by atoms with Crippen molar-refractivity contribution < 1.29 is 19.0 Å². The highest BCUT2D eigenvalue weighted by Gasteiger charge is 2.18. The molecule has 3 aromatic rings. The van der Waals surface area contributed by atoms with Gasteiger partial charge in [0.25, 0.3) is 5.88 Å². The summed E-state index contributed by atoms with van der Waals surface area (Å²) in [5.74, 6) is 1.27. The van der Waals surface area contributed by atoms with Crippen molar-refractivity contribution >= 4 is 5.97 Å². The third kappa shape index (κ3) is 5.47. The second-order valence-corrected chi connectivity index (χ2v) is 7.05. The van der Waals surface area contributed by atoms with Crippen LogP contribution in [0.25, 0.3) is 11.4 Å². The van der Waals surface area contributed by atoms with Gasteiger partial charge in [-0.3, -0.25) is 4.98 Å². The van der Waals surface area contributed by atoms with Crippen LogP contribution in [0.15, 0.2) is 49.2 Å². The molecule has 0 fully saturated rings. The largest absolute Gasteiger partial charge is 0.488 e. The lowest BCUT2D eigenvalue weighted by Crippen LogP contribution is -2.24. The van der Waals surface area contributed by atoms with E-state index in [1.807, 2.05) is 6.92 Å². The summed E-state index contributed by atoms with van der Waals surface area (Å²) >= 11 is 0. The summed E-state index contributed by atoms with van der Waals surface area (Å²) in [5.41, 5.74) is 0.322. The Morgan fingerprint density at radius 2 is 1.83 bits per heavy atom. The summed E-state index contributed by atoms with van der Waals surface area (Å²) in [6.07, 6.45) is 7.64. The van der Waals surface area contributed by atoms with E-state index in [4.69, 9.17) is 14.2 Å². The van der Waals surface area contributed by atoms with E-state index in [-0.39, 0.29) is 5.56 Å². The van der Waals surface area contributed by atoms with Crippen LogP contribution in [0.4, 0.5) is 0 Å². The van der Waals surface area contributed by atoms with E-state index in [2.05, 4.69) is 19.9 Å². The number of nitrogens with zero attached hydrogens (tertiary/aromatic N) is 4. The number of esters is 1. The smallest absolute Gasteiger partial charge is 0.341 e. The number of pyridine rings is 2. The van der Waals surface area contributed by atoms with Crippen LogP contribution in [0.5, 0.6) is 17.4 Å². The summed E-state index contributed by atoms with van der Waals surface area (Å²) in [7, 11) is 0. The molecule has 3 rings (SSSR count). The highest BCUT2D eigenvalue weighted by molar-refractivity contribution is 5.89. The van der Waals surface area contributed by atoms with Gasteiger partial charge in [0, 0.05) is 30.4 Å². The molecule has 3 aromatic heterocycles. The SMILES string of the molecule is CCOc1cccnc1Oc1cncc(-c2ncc(C(=O)OC(C)(C)C)cn2)c1. The zero-order valence-corrected chi connectivity index (χ0v) is 16.7. The van der Waals surface area contributed by atoms with Crippen molar-refractivity contribution in [1.82, 2.24) is 19.9 Å². The lowest BCUT2D eigenvalue weighted by molar-refractivity contribution is 0.00686. The van der Waals surface area contributed by atoms with Crippen LogP contribution in [0.1, 0.15) is 38.1 Å². The average Bonchev–Trinajstić information content (AvgIpc) is 2.69. The fourth-order valence-corrected chi connectivity index (χ4v) is 2.35. The molecular weight excluding hydrogens is 372 g/mol. The molecule has 0 bridgehead atoms. The van der Waals surface area contributed by atoms with Crippen LogP contribution in [-0.4, -0.2) is 38.1 Å². The van der Waals surface area contributed by atoms with Gasteiger partial charge in [0.1, 0.15) is 11.4 Å². The van der Waals surface area contributed by atoms with E-state index in [1.165, 1.54) is 12.4 Å². The lowest BCUT2D eigenvalue weighted by atomic mass is 10.2. The predicted molar refractivity (Wildman–Crippen MR) is 106 cm³/mol. The molecule has 0 radical (unpaired) electrons. The van der Waals surface area contributed by atoms with Gasteiger partial charge in [0.15, 0.2) is 11.6 Å². The van der Waals surface area contributed by atoms with Crippen molar-refractivity contribution in [3.8, 4) is 28.8 Å². The van der Waals surface area contributed by atoms with E-state index >= 15 is 0 Å². The Morgan fingerprint density at radius 1 is 1.07 bits per heavy atom. The van der Waals surface area contributed by atoms with E-state index in [9.17, 15) is 4.79 Å². The number of hydrogen-bond donors (Lipinski definition) is 0. The zero-order chi connectivity index (χ0) is 20.9. The molecule has 0 saturated carbocycles. The fourth-order valence-electron chi connectivity index (χ4n) is 2.35. The molecule has 0 spiro atoms. The summed E-state index contributed by atoms with van der Waals surface area (Å²) in [5, 5.41) is 0. The van der Waals surface area contributed by atoms with E-state index < -0.39 is 11.6 Å². The minimum atomic E-state index is -0.586. The Labute approximate surface area is 168 Å². The molecule has 0 N–H and O–H groups in total. The topological polar surface area (TPSA) is 96.3 Å². The minimum absolute atomic E-state index is 0.277. The van der Waals surface area contributed by atoms with Gasteiger partial charge in [0.2, 0.25) is 0 Å². The summed E-state index contributed by atoms with van der Waals surface area (Å²) in [6.45, 7) is 7.79. The molecule has 29 heavy (non-hydrogen) atoms. The van der Waals surface area contributed by atoms with Gasteiger partial charge >= 0.3 is 5.97 Å². The molecule has 0 aliphatic heterocycles. The highest BCUT2D eigenvalue weighted by Crippen LogP contribution is 2.30. The number of hydrogen-bond acceptors (Lipinski definition) is 8. The Balaban J connectivity index is 1.79. The van der Waals surface area contributed by atoms with Crippen LogP contribution >= 0.6 is 0 Å². The first-order valence-corrected chi connectivity index (χ1v) is 9.12.